The third-order valence-corrected chi connectivity index (χ3v) is 5.98. The van der Waals surface area contributed by atoms with Gasteiger partial charge in [-0.25, -0.2) is 0 Å². The molecule has 3 heterocycles. The minimum Gasteiger partial charge on any atom is -0.486 e. The first-order valence-corrected chi connectivity index (χ1v) is 10.3. The van der Waals surface area contributed by atoms with E-state index in [4.69, 9.17) is 9.47 Å². The molecule has 0 bridgehead atoms. The van der Waals surface area contributed by atoms with Gasteiger partial charge in [-0.15, -0.1) is 0 Å². The smallest absolute Gasteiger partial charge is 0.270 e. The van der Waals surface area contributed by atoms with Gasteiger partial charge < -0.3 is 14.4 Å². The number of non-ortho nitro benzene ring substituents is 1. The number of carbonyl (C=O) groups is 3. The fourth-order valence-corrected chi connectivity index (χ4v) is 4.44. The maximum atomic E-state index is 13.1. The summed E-state index contributed by atoms with van der Waals surface area (Å²) >= 11 is 0. The predicted octanol–water partition coefficient (Wildman–Crippen LogP) is 2.33. The number of ether oxygens (including phenoxy) is 2. The summed E-state index contributed by atoms with van der Waals surface area (Å²) < 4.78 is 11.2. The van der Waals surface area contributed by atoms with E-state index >= 15 is 0 Å². The summed E-state index contributed by atoms with van der Waals surface area (Å²) in [4.78, 5) is 51.4. The number of nitrogens with zero attached hydrogens (tertiary/aromatic N) is 3. The molecule has 0 spiro atoms. The van der Waals surface area contributed by atoms with Gasteiger partial charge in [-0.1, -0.05) is 6.07 Å². The average Bonchev–Trinajstić information content (AvgIpc) is 3.38. The largest absolute Gasteiger partial charge is 0.486 e. The van der Waals surface area contributed by atoms with Crippen molar-refractivity contribution in [1.82, 2.24) is 9.80 Å². The Morgan fingerprint density at radius 2 is 1.78 bits per heavy atom. The number of nitro groups is 1. The first-order chi connectivity index (χ1) is 15.4. The maximum absolute atomic E-state index is 13.1. The zero-order chi connectivity index (χ0) is 22.4. The molecule has 32 heavy (non-hydrogen) atoms. The molecule has 0 radical (unpaired) electrons. The summed E-state index contributed by atoms with van der Waals surface area (Å²) in [5, 5.41) is 11.0. The van der Waals surface area contributed by atoms with Gasteiger partial charge in [-0.3, -0.25) is 29.4 Å². The van der Waals surface area contributed by atoms with Crippen LogP contribution in [0.15, 0.2) is 36.4 Å². The predicted molar refractivity (Wildman–Crippen MR) is 110 cm³/mol. The minimum atomic E-state index is -0.697. The van der Waals surface area contributed by atoms with Crippen molar-refractivity contribution in [2.45, 2.75) is 18.9 Å². The maximum Gasteiger partial charge on any atom is 0.270 e. The van der Waals surface area contributed by atoms with Gasteiger partial charge in [0, 0.05) is 18.7 Å². The van der Waals surface area contributed by atoms with Gasteiger partial charge in [0.15, 0.2) is 11.5 Å². The van der Waals surface area contributed by atoms with E-state index in [1.54, 1.807) is 4.90 Å². The molecule has 2 aromatic carbocycles. The molecule has 1 fully saturated rings. The molecular weight excluding hydrogens is 418 g/mol. The van der Waals surface area contributed by atoms with Crippen LogP contribution < -0.4 is 9.47 Å². The molecule has 1 atom stereocenters. The number of likely N-dealkylation sites (tertiary alicyclic amines) is 1. The average molecular weight is 437 g/mol. The van der Waals surface area contributed by atoms with E-state index in [9.17, 15) is 24.5 Å². The Balaban J connectivity index is 1.35. The molecular formula is C22H19N3O7. The number of carbonyl (C=O) groups excluding carboxylic acids is 3. The number of benzene rings is 2. The number of imide groups is 1. The quantitative estimate of drug-likeness (QED) is 0.409. The van der Waals surface area contributed by atoms with Gasteiger partial charge in [0.1, 0.15) is 19.8 Å². The topological polar surface area (TPSA) is 119 Å². The summed E-state index contributed by atoms with van der Waals surface area (Å²) in [5.41, 5.74) is 0.634. The van der Waals surface area contributed by atoms with Crippen LogP contribution in [-0.2, 0) is 4.79 Å². The highest BCUT2D eigenvalue weighted by atomic mass is 16.6. The van der Waals surface area contributed by atoms with E-state index in [0.717, 1.165) is 29.4 Å². The Bertz CT molecular complexity index is 1160. The number of rotatable bonds is 4. The van der Waals surface area contributed by atoms with Gasteiger partial charge >= 0.3 is 0 Å². The second-order valence-electron chi connectivity index (χ2n) is 7.83. The van der Waals surface area contributed by atoms with Crippen molar-refractivity contribution in [1.29, 1.82) is 0 Å². The van der Waals surface area contributed by atoms with E-state index in [1.165, 1.54) is 12.1 Å². The lowest BCUT2D eigenvalue weighted by Gasteiger charge is -2.28. The Morgan fingerprint density at radius 1 is 1.03 bits per heavy atom. The monoisotopic (exact) mass is 437 g/mol. The molecule has 2 aromatic rings. The molecule has 0 N–H and O–H groups in total. The standard InChI is InChI=1S/C22H19N3O7/c26-20(12-24-21(27)15-5-4-14(25(29)30)11-16(15)22(24)28)23-7-1-2-17(23)13-3-6-18-19(10-13)32-9-8-31-18/h3-6,10-11,17H,1-2,7-9,12H2. The van der Waals surface area contributed by atoms with E-state index in [-0.39, 0.29) is 28.8 Å². The third-order valence-electron chi connectivity index (χ3n) is 5.98. The van der Waals surface area contributed by atoms with Crippen molar-refractivity contribution in [2.24, 2.45) is 0 Å². The minimum absolute atomic E-state index is 0.0539. The Morgan fingerprint density at radius 3 is 2.56 bits per heavy atom. The van der Waals surface area contributed by atoms with E-state index in [1.807, 2.05) is 18.2 Å². The molecule has 10 nitrogen and oxygen atoms in total. The van der Waals surface area contributed by atoms with Crippen LogP contribution in [0.5, 0.6) is 11.5 Å². The normalized spacial score (nSPS) is 19.3. The highest BCUT2D eigenvalue weighted by Crippen LogP contribution is 2.38. The lowest BCUT2D eigenvalue weighted by molar-refractivity contribution is -0.384. The molecule has 0 saturated carbocycles. The summed E-state index contributed by atoms with van der Waals surface area (Å²) in [6, 6.07) is 8.89. The van der Waals surface area contributed by atoms with Gasteiger partial charge in [0.25, 0.3) is 17.5 Å². The molecule has 0 aliphatic carbocycles. The van der Waals surface area contributed by atoms with Crippen LogP contribution in [0.25, 0.3) is 0 Å². The molecule has 0 aromatic heterocycles. The van der Waals surface area contributed by atoms with Gasteiger partial charge in [-0.05, 0) is 36.6 Å². The van der Waals surface area contributed by atoms with Crippen LogP contribution in [0.4, 0.5) is 5.69 Å². The lowest BCUT2D eigenvalue weighted by atomic mass is 10.0. The highest BCUT2D eigenvalue weighted by Gasteiger charge is 2.40. The van der Waals surface area contributed by atoms with Gasteiger partial charge in [0.05, 0.1) is 22.1 Å². The molecule has 5 rings (SSSR count). The summed E-state index contributed by atoms with van der Waals surface area (Å²) in [6.07, 6.45) is 1.54. The summed E-state index contributed by atoms with van der Waals surface area (Å²) in [7, 11) is 0. The van der Waals surface area contributed by atoms with Crippen LogP contribution in [0, 0.1) is 10.1 Å². The number of hydrogen-bond donors (Lipinski definition) is 0. The van der Waals surface area contributed by atoms with Crippen LogP contribution in [0.1, 0.15) is 45.2 Å². The number of hydrogen-bond acceptors (Lipinski definition) is 7. The zero-order valence-corrected chi connectivity index (χ0v) is 17.0. The SMILES string of the molecule is O=C1c2ccc([N+](=O)[O-])cc2C(=O)N1CC(=O)N1CCCC1c1ccc2c(c1)OCCO2. The van der Waals surface area contributed by atoms with Crippen molar-refractivity contribution < 1.29 is 28.8 Å². The van der Waals surface area contributed by atoms with Crippen LogP contribution in [0.3, 0.4) is 0 Å². The summed E-state index contributed by atoms with van der Waals surface area (Å²) in [6.45, 7) is 1.04. The van der Waals surface area contributed by atoms with Crippen LogP contribution >= 0.6 is 0 Å². The molecule has 1 unspecified atom stereocenters. The first kappa shape index (κ1) is 20.0. The molecule has 10 heteroatoms. The second-order valence-corrected chi connectivity index (χ2v) is 7.83. The lowest BCUT2D eigenvalue weighted by Crippen LogP contribution is -2.42. The first-order valence-electron chi connectivity index (χ1n) is 10.3. The van der Waals surface area contributed by atoms with Crippen molar-refractivity contribution in [3.05, 3.63) is 63.2 Å². The fourth-order valence-electron chi connectivity index (χ4n) is 4.44. The van der Waals surface area contributed by atoms with Crippen molar-refractivity contribution >= 4 is 23.4 Å². The van der Waals surface area contributed by atoms with E-state index in [0.29, 0.717) is 31.3 Å². The van der Waals surface area contributed by atoms with E-state index < -0.39 is 23.3 Å². The number of nitro benzene ring substituents is 1. The number of amides is 3. The number of fused-ring (bicyclic) bond motifs is 2. The van der Waals surface area contributed by atoms with Crippen molar-refractivity contribution in [2.75, 3.05) is 26.3 Å². The third kappa shape index (κ3) is 3.24. The molecule has 164 valence electrons. The second kappa shape index (κ2) is 7.63. The molecule has 3 aliphatic heterocycles. The molecule has 3 amide bonds. The van der Waals surface area contributed by atoms with E-state index in [2.05, 4.69) is 0 Å². The Kier molecular flexibility index (Phi) is 4.76. The van der Waals surface area contributed by atoms with Crippen molar-refractivity contribution in [3.8, 4) is 11.5 Å². The Hall–Kier alpha value is -3.95. The fraction of sp³-hybridized carbons (Fsp3) is 0.318. The summed E-state index contributed by atoms with van der Waals surface area (Å²) in [5.74, 6) is -0.377. The van der Waals surface area contributed by atoms with Crippen LogP contribution in [-0.4, -0.2) is 58.7 Å². The molecule has 3 aliphatic rings. The Labute approximate surface area is 182 Å². The van der Waals surface area contributed by atoms with Gasteiger partial charge in [-0.2, -0.15) is 0 Å². The highest BCUT2D eigenvalue weighted by molar-refractivity contribution is 6.22. The van der Waals surface area contributed by atoms with Gasteiger partial charge in [0.2, 0.25) is 5.91 Å². The van der Waals surface area contributed by atoms with Crippen LogP contribution in [0.2, 0.25) is 0 Å². The zero-order valence-electron chi connectivity index (χ0n) is 17.0. The molecule has 1 saturated heterocycles. The van der Waals surface area contributed by atoms with Crippen molar-refractivity contribution in [3.63, 3.8) is 0 Å².